The molecule has 0 bridgehead atoms. The number of hydrogen-bond donors (Lipinski definition) is 1. The molecule has 0 unspecified atom stereocenters. The predicted molar refractivity (Wildman–Crippen MR) is 116 cm³/mol. The zero-order valence-electron chi connectivity index (χ0n) is 17.2. The lowest BCUT2D eigenvalue weighted by molar-refractivity contribution is -0.121. The molecule has 0 spiro atoms. The summed E-state index contributed by atoms with van der Waals surface area (Å²) < 4.78 is 3.32. The maximum Gasteiger partial charge on any atom is 0.276 e. The first-order valence-corrected chi connectivity index (χ1v) is 9.87. The normalized spacial score (nSPS) is 11.4. The number of carbonyl (C=O) groups excluding carboxylic acids is 1. The van der Waals surface area contributed by atoms with Crippen LogP contribution in [0.2, 0.25) is 5.02 Å². The number of hydrogen-bond acceptors (Lipinski definition) is 4. The van der Waals surface area contributed by atoms with Gasteiger partial charge in [0.25, 0.3) is 5.56 Å². The van der Waals surface area contributed by atoms with Crippen molar-refractivity contribution in [2.24, 2.45) is 0 Å². The minimum atomic E-state index is -0.249. The molecule has 0 atom stereocenters. The second-order valence-corrected chi connectivity index (χ2v) is 7.87. The summed E-state index contributed by atoms with van der Waals surface area (Å²) in [5.74, 6) is -0.226. The topological polar surface area (TPSA) is 72.2 Å². The van der Waals surface area contributed by atoms with E-state index in [9.17, 15) is 9.59 Å². The van der Waals surface area contributed by atoms with Gasteiger partial charge in [0.05, 0.1) is 11.6 Å². The van der Waals surface area contributed by atoms with Crippen molar-refractivity contribution in [1.29, 1.82) is 0 Å². The zero-order chi connectivity index (χ0) is 21.1. The molecule has 3 rings (SSSR count). The van der Waals surface area contributed by atoms with Crippen molar-refractivity contribution in [3.8, 4) is 0 Å². The summed E-state index contributed by atoms with van der Waals surface area (Å²) in [6.45, 7) is 5.70. The largest absolute Gasteiger partial charge is 0.353 e. The van der Waals surface area contributed by atoms with E-state index in [1.54, 1.807) is 6.20 Å². The molecule has 0 aliphatic carbocycles. The van der Waals surface area contributed by atoms with E-state index in [-0.39, 0.29) is 18.0 Å². The summed E-state index contributed by atoms with van der Waals surface area (Å²) in [4.78, 5) is 27.2. The smallest absolute Gasteiger partial charge is 0.276 e. The summed E-state index contributed by atoms with van der Waals surface area (Å²) in [7, 11) is 3.87. The van der Waals surface area contributed by atoms with Crippen LogP contribution < -0.4 is 10.9 Å². The molecule has 154 valence electrons. The van der Waals surface area contributed by atoms with Gasteiger partial charge in [0.1, 0.15) is 6.54 Å². The van der Waals surface area contributed by atoms with Crippen LogP contribution >= 0.6 is 11.6 Å². The van der Waals surface area contributed by atoms with Crippen LogP contribution in [-0.2, 0) is 17.9 Å². The Hall–Kier alpha value is -2.64. The Morgan fingerprint density at radius 3 is 2.52 bits per heavy atom. The fraction of sp³-hybridized carbons (Fsp3) is 0.381. The highest BCUT2D eigenvalue weighted by Crippen LogP contribution is 2.23. The van der Waals surface area contributed by atoms with Gasteiger partial charge >= 0.3 is 0 Å². The van der Waals surface area contributed by atoms with Crippen molar-refractivity contribution in [3.63, 3.8) is 0 Å². The summed E-state index contributed by atoms with van der Waals surface area (Å²) in [6, 6.07) is 7.66. The number of fused-ring (bicyclic) bond motifs is 1. The van der Waals surface area contributed by atoms with E-state index < -0.39 is 0 Å². The second-order valence-electron chi connectivity index (χ2n) is 7.43. The third kappa shape index (κ3) is 4.68. The van der Waals surface area contributed by atoms with E-state index in [2.05, 4.69) is 15.0 Å². The molecule has 0 aliphatic heterocycles. The maximum atomic E-state index is 13.0. The van der Waals surface area contributed by atoms with Crippen molar-refractivity contribution in [1.82, 2.24) is 24.6 Å². The summed E-state index contributed by atoms with van der Waals surface area (Å²) in [6.07, 6.45) is 1.67. The van der Waals surface area contributed by atoms with E-state index in [0.717, 1.165) is 28.9 Å². The Kier molecular flexibility index (Phi) is 6.39. The number of aromatic nitrogens is 3. The molecule has 0 saturated heterocycles. The number of halogens is 1. The van der Waals surface area contributed by atoms with Crippen LogP contribution in [-0.4, -0.2) is 52.3 Å². The summed E-state index contributed by atoms with van der Waals surface area (Å²) >= 11 is 5.97. The number of rotatable bonds is 7. The van der Waals surface area contributed by atoms with Gasteiger partial charge in [-0.3, -0.25) is 9.59 Å². The molecule has 2 heterocycles. The highest BCUT2D eigenvalue weighted by atomic mass is 35.5. The van der Waals surface area contributed by atoms with Gasteiger partial charge in [0.2, 0.25) is 5.91 Å². The van der Waals surface area contributed by atoms with Gasteiger partial charge in [-0.15, -0.1) is 0 Å². The lowest BCUT2D eigenvalue weighted by atomic mass is 10.2. The van der Waals surface area contributed by atoms with Crippen LogP contribution in [0.3, 0.4) is 0 Å². The minimum Gasteiger partial charge on any atom is -0.353 e. The molecule has 3 aromatic rings. The van der Waals surface area contributed by atoms with Gasteiger partial charge in [-0.2, -0.15) is 5.10 Å². The first kappa shape index (κ1) is 21.1. The van der Waals surface area contributed by atoms with Gasteiger partial charge in [0.15, 0.2) is 0 Å². The Bertz CT molecular complexity index is 1080. The van der Waals surface area contributed by atoms with Crippen molar-refractivity contribution >= 4 is 28.3 Å². The fourth-order valence-corrected chi connectivity index (χ4v) is 3.50. The quantitative estimate of drug-likeness (QED) is 0.642. The second kappa shape index (κ2) is 8.80. The molecule has 29 heavy (non-hydrogen) atoms. The molecule has 0 fully saturated rings. The monoisotopic (exact) mass is 415 g/mol. The number of amides is 1. The Balaban J connectivity index is 1.88. The van der Waals surface area contributed by atoms with Crippen molar-refractivity contribution in [3.05, 3.63) is 62.8 Å². The maximum absolute atomic E-state index is 13.0. The van der Waals surface area contributed by atoms with Crippen LogP contribution in [0.1, 0.15) is 17.0 Å². The molecule has 1 aromatic carbocycles. The van der Waals surface area contributed by atoms with Gasteiger partial charge in [-0.1, -0.05) is 23.7 Å². The molecule has 1 amide bonds. The van der Waals surface area contributed by atoms with E-state index >= 15 is 0 Å². The lowest BCUT2D eigenvalue weighted by Gasteiger charge is -2.10. The molecular formula is C21H26ClN5O2. The number of nitrogens with one attached hydrogen (secondary N) is 1. The lowest BCUT2D eigenvalue weighted by Crippen LogP contribution is -2.36. The average Bonchev–Trinajstić information content (AvgIpc) is 2.90. The Morgan fingerprint density at radius 2 is 1.86 bits per heavy atom. The third-order valence-corrected chi connectivity index (χ3v) is 5.29. The van der Waals surface area contributed by atoms with Crippen molar-refractivity contribution < 1.29 is 4.79 Å². The minimum absolute atomic E-state index is 0.0942. The summed E-state index contributed by atoms with van der Waals surface area (Å²) in [5, 5.41) is 9.14. The van der Waals surface area contributed by atoms with Crippen molar-refractivity contribution in [2.75, 3.05) is 27.2 Å². The molecule has 0 radical (unpaired) electrons. The Labute approximate surface area is 174 Å². The van der Waals surface area contributed by atoms with Gasteiger partial charge in [-0.25, -0.2) is 4.68 Å². The molecular weight excluding hydrogens is 390 g/mol. The van der Waals surface area contributed by atoms with E-state index in [0.29, 0.717) is 23.5 Å². The third-order valence-electron chi connectivity index (χ3n) is 5.03. The Morgan fingerprint density at radius 1 is 1.17 bits per heavy atom. The predicted octanol–water partition coefficient (Wildman–Crippen LogP) is 2.19. The summed E-state index contributed by atoms with van der Waals surface area (Å²) in [5.41, 5.74) is 2.68. The van der Waals surface area contributed by atoms with Crippen LogP contribution in [0.25, 0.3) is 10.8 Å². The number of likely N-dealkylation sites (N-methyl/N-ethyl adjacent to an activating group) is 1. The van der Waals surface area contributed by atoms with Gasteiger partial charge in [-0.05, 0) is 45.6 Å². The van der Waals surface area contributed by atoms with Crippen molar-refractivity contribution in [2.45, 2.75) is 26.9 Å². The van der Waals surface area contributed by atoms with Crippen LogP contribution in [0, 0.1) is 13.8 Å². The first-order chi connectivity index (χ1) is 13.8. The zero-order valence-corrected chi connectivity index (χ0v) is 18.0. The molecule has 0 aliphatic rings. The molecule has 8 heteroatoms. The number of aryl methyl sites for hydroxylation is 2. The number of benzene rings is 1. The standard InChI is InChI=1S/C21H26ClN5O2/c1-14-18-11-24-27(13-19(28)23-9-10-25(3)4)21(29)20(18)15(2)26(14)12-16-5-7-17(22)8-6-16/h5-8,11H,9-10,12-13H2,1-4H3,(H,23,28). The average molecular weight is 416 g/mol. The van der Waals surface area contributed by atoms with E-state index in [1.165, 1.54) is 4.68 Å². The van der Waals surface area contributed by atoms with Gasteiger partial charge < -0.3 is 14.8 Å². The van der Waals surface area contributed by atoms with Crippen LogP contribution in [0.5, 0.6) is 0 Å². The highest BCUT2D eigenvalue weighted by molar-refractivity contribution is 6.30. The SMILES string of the molecule is Cc1c2cnn(CC(=O)NCCN(C)C)c(=O)c2c(C)n1Cc1ccc(Cl)cc1. The number of carbonyl (C=O) groups is 1. The van der Waals surface area contributed by atoms with E-state index in [4.69, 9.17) is 11.6 Å². The highest BCUT2D eigenvalue weighted by Gasteiger charge is 2.17. The van der Waals surface area contributed by atoms with E-state index in [1.807, 2.05) is 57.1 Å². The first-order valence-electron chi connectivity index (χ1n) is 9.49. The fourth-order valence-electron chi connectivity index (χ4n) is 3.38. The molecule has 7 nitrogen and oxygen atoms in total. The molecule has 2 aromatic heterocycles. The van der Waals surface area contributed by atoms with Crippen LogP contribution in [0.15, 0.2) is 35.3 Å². The van der Waals surface area contributed by atoms with Crippen LogP contribution in [0.4, 0.5) is 0 Å². The van der Waals surface area contributed by atoms with Gasteiger partial charge in [0, 0.05) is 41.4 Å². The molecule has 0 saturated carbocycles. The number of nitrogens with zero attached hydrogens (tertiary/aromatic N) is 4. The molecule has 1 N–H and O–H groups in total.